The van der Waals surface area contributed by atoms with Crippen molar-refractivity contribution in [3.05, 3.63) is 70.7 Å². The lowest BCUT2D eigenvalue weighted by Gasteiger charge is -2.13. The van der Waals surface area contributed by atoms with Crippen LogP contribution in [0.1, 0.15) is 25.5 Å². The summed E-state index contributed by atoms with van der Waals surface area (Å²) in [7, 11) is 4.10. The van der Waals surface area contributed by atoms with Crippen LogP contribution < -0.4 is 15.2 Å². The van der Waals surface area contributed by atoms with Crippen molar-refractivity contribution in [3.8, 4) is 30.2 Å². The Hall–Kier alpha value is -4.69. The summed E-state index contributed by atoms with van der Waals surface area (Å²) in [6.45, 7) is 3.77. The first-order valence-electron chi connectivity index (χ1n) is 11.6. The molecule has 0 radical (unpaired) electrons. The summed E-state index contributed by atoms with van der Waals surface area (Å²) in [5, 5.41) is 37.8. The number of nitriles is 4. The van der Waals surface area contributed by atoms with Crippen molar-refractivity contribution >= 4 is 21.9 Å². The highest BCUT2D eigenvalue weighted by Gasteiger charge is 2.07. The van der Waals surface area contributed by atoms with Gasteiger partial charge in [-0.25, -0.2) is 4.98 Å². The summed E-state index contributed by atoms with van der Waals surface area (Å²) in [4.78, 5) is 6.81. The molecule has 0 spiro atoms. The first-order chi connectivity index (χ1) is 17.5. The molecule has 1 aromatic heterocycles. The molecule has 7 heteroatoms. The zero-order chi connectivity index (χ0) is 26.3. The third kappa shape index (κ3) is 7.96. The van der Waals surface area contributed by atoms with Gasteiger partial charge in [0, 0.05) is 28.1 Å². The second-order valence-electron chi connectivity index (χ2n) is 8.17. The number of aromatic nitrogens is 1. The number of fused-ring (bicyclic) bond motifs is 1. The van der Waals surface area contributed by atoms with Gasteiger partial charge in [-0.3, -0.25) is 0 Å². The summed E-state index contributed by atoms with van der Waals surface area (Å²) < 4.78 is 5.90. The third-order valence-corrected chi connectivity index (χ3v) is 5.23. The molecule has 7 nitrogen and oxygen atoms in total. The number of aryl methyl sites for hydroxylation is 1. The molecule has 0 saturated heterocycles. The first kappa shape index (κ1) is 27.6. The summed E-state index contributed by atoms with van der Waals surface area (Å²) in [5.41, 5.74) is 1.13. The van der Waals surface area contributed by atoms with E-state index in [9.17, 15) is 0 Å². The number of hydrogen-bond donors (Lipinski definition) is 0. The van der Waals surface area contributed by atoms with Gasteiger partial charge in [0.2, 0.25) is 5.88 Å². The van der Waals surface area contributed by atoms with Crippen LogP contribution in [0.25, 0.3) is 21.9 Å². The molecule has 2 aromatic carbocycles. The molecule has 0 aliphatic heterocycles. The number of rotatable bonds is 7. The topological polar surface area (TPSA) is 121 Å². The van der Waals surface area contributed by atoms with E-state index in [4.69, 9.17) is 30.8 Å². The second-order valence-corrected chi connectivity index (χ2v) is 8.17. The summed E-state index contributed by atoms with van der Waals surface area (Å²) in [6.07, 6.45) is 3.37. The van der Waals surface area contributed by atoms with Gasteiger partial charge in [0.05, 0.1) is 0 Å². The van der Waals surface area contributed by atoms with E-state index in [-0.39, 0.29) is 11.1 Å². The van der Waals surface area contributed by atoms with E-state index in [0.717, 1.165) is 29.9 Å². The van der Waals surface area contributed by atoms with E-state index in [1.54, 1.807) is 24.3 Å². The number of likely N-dealkylation sites (N-methyl/N-ethyl adjacent to an activating group) is 1. The zero-order valence-electron chi connectivity index (χ0n) is 20.8. The van der Waals surface area contributed by atoms with E-state index in [2.05, 4.69) is 36.1 Å². The smallest absolute Gasteiger partial charge is 0.221 e. The van der Waals surface area contributed by atoms with Crippen molar-refractivity contribution in [1.29, 1.82) is 21.0 Å². The Morgan fingerprint density at radius 2 is 1.42 bits per heavy atom. The Morgan fingerprint density at radius 3 is 1.92 bits per heavy atom. The van der Waals surface area contributed by atoms with Gasteiger partial charge in [-0.05, 0) is 44.5 Å². The number of hydrogen-bond acceptors (Lipinski definition) is 7. The monoisotopic (exact) mass is 476 g/mol. The van der Waals surface area contributed by atoms with E-state index in [1.807, 2.05) is 20.2 Å². The number of pyridine rings is 1. The zero-order valence-corrected chi connectivity index (χ0v) is 20.8. The molecule has 36 heavy (non-hydrogen) atoms. The predicted molar refractivity (Wildman–Crippen MR) is 139 cm³/mol. The molecule has 0 amide bonds. The van der Waals surface area contributed by atoms with Crippen LogP contribution in [0.5, 0.6) is 5.88 Å². The van der Waals surface area contributed by atoms with Crippen LogP contribution in [0.2, 0.25) is 0 Å². The average molecular weight is 477 g/mol. The van der Waals surface area contributed by atoms with Gasteiger partial charge in [0.15, 0.2) is 0 Å². The van der Waals surface area contributed by atoms with Crippen molar-refractivity contribution in [2.45, 2.75) is 26.2 Å². The minimum absolute atomic E-state index is 0.00187. The molecule has 1 heterocycles. The average Bonchev–Trinajstić information content (AvgIpc) is 2.90. The third-order valence-electron chi connectivity index (χ3n) is 5.23. The Bertz CT molecular complexity index is 1360. The minimum atomic E-state index is 0.00187. The Morgan fingerprint density at radius 1 is 0.861 bits per heavy atom. The predicted octanol–water partition coefficient (Wildman–Crippen LogP) is 3.60. The van der Waals surface area contributed by atoms with Crippen molar-refractivity contribution in [2.75, 3.05) is 27.2 Å². The maximum Gasteiger partial charge on any atom is 0.221 e. The first-order valence-corrected chi connectivity index (χ1v) is 11.6. The van der Waals surface area contributed by atoms with Crippen LogP contribution in [0.4, 0.5) is 0 Å². The van der Waals surface area contributed by atoms with E-state index >= 15 is 0 Å². The molecular formula is C29H28N6O. The quantitative estimate of drug-likeness (QED) is 0.511. The molecule has 0 aliphatic rings. The molecule has 0 atom stereocenters. The summed E-state index contributed by atoms with van der Waals surface area (Å²) in [5.74, 6) is 0.774. The number of ether oxygens (including phenoxy) is 1. The minimum Gasteiger partial charge on any atom is -0.476 e. The Kier molecular flexibility index (Phi) is 11.1. The van der Waals surface area contributed by atoms with Crippen molar-refractivity contribution in [2.24, 2.45) is 0 Å². The van der Waals surface area contributed by atoms with Crippen LogP contribution >= 0.6 is 0 Å². The van der Waals surface area contributed by atoms with Crippen molar-refractivity contribution < 1.29 is 4.74 Å². The molecule has 0 bridgehead atoms. The normalized spacial score (nSPS) is 9.67. The fraction of sp³-hybridized carbons (Fsp3) is 0.276. The molecule has 0 aliphatic carbocycles. The number of benzene rings is 2. The van der Waals surface area contributed by atoms with Gasteiger partial charge >= 0.3 is 0 Å². The lowest BCUT2D eigenvalue weighted by atomic mass is 10.1. The Balaban J connectivity index is 0.000000261. The highest BCUT2D eigenvalue weighted by Crippen LogP contribution is 2.25. The molecule has 0 N–H and O–H groups in total. The highest BCUT2D eigenvalue weighted by atomic mass is 16.5. The largest absolute Gasteiger partial charge is 0.476 e. The SMILES string of the molecule is CCCCc1cc2ccccc2c(OCCN(C)C)n1.N#CC(C#N)=c1ccc(=C(C#N)C#N)cc1. The molecule has 0 fully saturated rings. The standard InChI is InChI=1S/C17H24N2O.C12H4N4/c1-4-5-9-15-13-14-8-6-7-10-16(14)17(18-15)20-12-11-19(2)3;13-5-11(6-14)9-1-2-10(4-3-9)12(7-15)8-16/h6-8,10,13H,4-5,9,11-12H2,1-3H3;1-4H. The lowest BCUT2D eigenvalue weighted by Crippen LogP contribution is -2.19. The van der Waals surface area contributed by atoms with Gasteiger partial charge in [-0.1, -0.05) is 55.8 Å². The van der Waals surface area contributed by atoms with Gasteiger partial charge in [0.1, 0.15) is 42.0 Å². The second kappa shape index (κ2) is 14.5. The molecule has 0 saturated carbocycles. The molecular weight excluding hydrogens is 448 g/mol. The molecule has 3 aromatic rings. The van der Waals surface area contributed by atoms with Crippen molar-refractivity contribution in [3.63, 3.8) is 0 Å². The molecule has 0 unspecified atom stereocenters. The van der Waals surface area contributed by atoms with Crippen LogP contribution in [-0.4, -0.2) is 37.1 Å². The van der Waals surface area contributed by atoms with Crippen molar-refractivity contribution in [1.82, 2.24) is 9.88 Å². The van der Waals surface area contributed by atoms with Crippen LogP contribution in [0.15, 0.2) is 54.6 Å². The lowest BCUT2D eigenvalue weighted by molar-refractivity contribution is 0.256. The fourth-order valence-corrected chi connectivity index (χ4v) is 3.25. The van der Waals surface area contributed by atoms with Gasteiger partial charge in [-0.15, -0.1) is 0 Å². The maximum atomic E-state index is 8.63. The van der Waals surface area contributed by atoms with E-state index in [1.165, 1.54) is 42.5 Å². The van der Waals surface area contributed by atoms with Crippen LogP contribution in [0, 0.1) is 45.3 Å². The van der Waals surface area contributed by atoms with Gasteiger partial charge < -0.3 is 9.64 Å². The van der Waals surface area contributed by atoms with E-state index < -0.39 is 0 Å². The molecule has 180 valence electrons. The summed E-state index contributed by atoms with van der Waals surface area (Å²) >= 11 is 0. The van der Waals surface area contributed by atoms with Gasteiger partial charge in [0.25, 0.3) is 0 Å². The van der Waals surface area contributed by atoms with Crippen LogP contribution in [0.3, 0.4) is 0 Å². The van der Waals surface area contributed by atoms with Gasteiger partial charge in [-0.2, -0.15) is 21.0 Å². The van der Waals surface area contributed by atoms with Crippen LogP contribution in [-0.2, 0) is 6.42 Å². The Labute approximate surface area is 212 Å². The summed E-state index contributed by atoms with van der Waals surface area (Å²) in [6, 6.07) is 23.7. The van der Waals surface area contributed by atoms with E-state index in [0.29, 0.717) is 17.0 Å². The molecule has 3 rings (SSSR count). The number of unbranched alkanes of at least 4 members (excludes halogenated alkanes) is 1. The highest BCUT2D eigenvalue weighted by molar-refractivity contribution is 5.87. The maximum absolute atomic E-state index is 8.63. The fourth-order valence-electron chi connectivity index (χ4n) is 3.25. The number of nitrogens with zero attached hydrogens (tertiary/aromatic N) is 6.